The van der Waals surface area contributed by atoms with E-state index in [0.29, 0.717) is 19.5 Å². The van der Waals surface area contributed by atoms with Crippen LogP contribution in [0, 0.1) is 5.82 Å². The first kappa shape index (κ1) is 15.3. The van der Waals surface area contributed by atoms with Gasteiger partial charge in [-0.1, -0.05) is 12.1 Å². The topological polar surface area (TPSA) is 38.5 Å². The molecule has 0 fully saturated rings. The fourth-order valence-corrected chi connectivity index (χ4v) is 2.30. The maximum absolute atomic E-state index is 13.7. The van der Waals surface area contributed by atoms with Gasteiger partial charge in [0.2, 0.25) is 0 Å². The Labute approximate surface area is 125 Å². The van der Waals surface area contributed by atoms with Crippen LogP contribution in [0.4, 0.5) is 10.1 Å². The minimum absolute atomic E-state index is 0.228. The van der Waals surface area contributed by atoms with E-state index in [1.54, 1.807) is 13.2 Å². The molecule has 2 N–H and O–H groups in total. The van der Waals surface area contributed by atoms with Gasteiger partial charge in [-0.15, -0.1) is 0 Å². The van der Waals surface area contributed by atoms with Crippen LogP contribution >= 0.6 is 0 Å². The molecule has 2 rings (SSSR count). The van der Waals surface area contributed by atoms with Crippen LogP contribution in [-0.4, -0.2) is 20.7 Å². The summed E-state index contributed by atoms with van der Waals surface area (Å²) in [6.45, 7) is 1.20. The Kier molecular flexibility index (Phi) is 5.17. The maximum Gasteiger partial charge on any atom is 0.125 e. The molecule has 0 aliphatic heterocycles. The molecule has 0 radical (unpaired) electrons. The second-order valence-corrected chi connectivity index (χ2v) is 5.06. The van der Waals surface area contributed by atoms with Crippen molar-refractivity contribution in [1.82, 2.24) is 0 Å². The summed E-state index contributed by atoms with van der Waals surface area (Å²) in [5, 5.41) is 0. The molecule has 0 atom stereocenters. The third-order valence-electron chi connectivity index (χ3n) is 3.37. The van der Waals surface area contributed by atoms with Gasteiger partial charge in [-0.2, -0.15) is 0 Å². The summed E-state index contributed by atoms with van der Waals surface area (Å²) < 4.78 is 18.9. The SMILES string of the molecule is COc1cccc(CN(C)c2cc(F)cc(CCN)c2)c1. The zero-order valence-electron chi connectivity index (χ0n) is 12.5. The summed E-state index contributed by atoms with van der Waals surface area (Å²) in [5.74, 6) is 0.595. The van der Waals surface area contributed by atoms with E-state index in [9.17, 15) is 4.39 Å². The second kappa shape index (κ2) is 7.09. The van der Waals surface area contributed by atoms with Crippen LogP contribution in [-0.2, 0) is 13.0 Å². The molecule has 4 heteroatoms. The molecule has 112 valence electrons. The number of methoxy groups -OCH3 is 1. The first-order valence-electron chi connectivity index (χ1n) is 6.96. The molecule has 0 amide bonds. The standard InChI is InChI=1S/C17H21FN2O/c1-20(12-14-4-3-5-17(10-14)21-2)16-9-13(6-7-19)8-15(18)11-16/h3-5,8-11H,6-7,12,19H2,1-2H3. The van der Waals surface area contributed by atoms with Gasteiger partial charge in [0.15, 0.2) is 0 Å². The lowest BCUT2D eigenvalue weighted by Crippen LogP contribution is -2.17. The Morgan fingerprint density at radius 1 is 1.14 bits per heavy atom. The van der Waals surface area contributed by atoms with E-state index >= 15 is 0 Å². The molecule has 0 bridgehead atoms. The first-order valence-corrected chi connectivity index (χ1v) is 6.96. The van der Waals surface area contributed by atoms with E-state index in [0.717, 1.165) is 22.6 Å². The van der Waals surface area contributed by atoms with Crippen molar-refractivity contribution in [2.75, 3.05) is 25.6 Å². The van der Waals surface area contributed by atoms with Gasteiger partial charge >= 0.3 is 0 Å². The van der Waals surface area contributed by atoms with E-state index in [-0.39, 0.29) is 5.82 Å². The van der Waals surface area contributed by atoms with Gasteiger partial charge in [0.1, 0.15) is 11.6 Å². The number of hydrogen-bond donors (Lipinski definition) is 1. The summed E-state index contributed by atoms with van der Waals surface area (Å²) >= 11 is 0. The van der Waals surface area contributed by atoms with Crippen LogP contribution < -0.4 is 15.4 Å². The predicted molar refractivity (Wildman–Crippen MR) is 84.3 cm³/mol. The summed E-state index contributed by atoms with van der Waals surface area (Å²) in [6.07, 6.45) is 0.678. The molecule has 0 aliphatic rings. The molecular weight excluding hydrogens is 267 g/mol. The number of hydrogen-bond acceptors (Lipinski definition) is 3. The third-order valence-corrected chi connectivity index (χ3v) is 3.37. The number of nitrogens with two attached hydrogens (primary N) is 1. The minimum atomic E-state index is -0.228. The van der Waals surface area contributed by atoms with E-state index in [4.69, 9.17) is 10.5 Å². The number of rotatable bonds is 6. The smallest absolute Gasteiger partial charge is 0.125 e. The van der Waals surface area contributed by atoms with Gasteiger partial charge in [0.25, 0.3) is 0 Å². The second-order valence-electron chi connectivity index (χ2n) is 5.06. The first-order chi connectivity index (χ1) is 10.1. The van der Waals surface area contributed by atoms with Gasteiger partial charge in [-0.05, 0) is 54.4 Å². The molecular formula is C17H21FN2O. The van der Waals surface area contributed by atoms with Crippen LogP contribution in [0.3, 0.4) is 0 Å². The van der Waals surface area contributed by atoms with E-state index < -0.39 is 0 Å². The monoisotopic (exact) mass is 288 g/mol. The van der Waals surface area contributed by atoms with Crippen molar-refractivity contribution in [3.8, 4) is 5.75 Å². The molecule has 2 aromatic rings. The lowest BCUT2D eigenvalue weighted by atomic mass is 10.1. The zero-order valence-corrected chi connectivity index (χ0v) is 12.5. The summed E-state index contributed by atoms with van der Waals surface area (Å²) in [7, 11) is 3.59. The molecule has 3 nitrogen and oxygen atoms in total. The summed E-state index contributed by atoms with van der Waals surface area (Å²) in [4.78, 5) is 2.01. The van der Waals surface area contributed by atoms with Crippen molar-refractivity contribution in [2.45, 2.75) is 13.0 Å². The minimum Gasteiger partial charge on any atom is -0.497 e. The number of ether oxygens (including phenoxy) is 1. The van der Waals surface area contributed by atoms with Crippen molar-refractivity contribution in [3.63, 3.8) is 0 Å². The molecule has 0 aromatic heterocycles. The quantitative estimate of drug-likeness (QED) is 0.888. The molecule has 0 aliphatic carbocycles. The largest absolute Gasteiger partial charge is 0.497 e. The van der Waals surface area contributed by atoms with Gasteiger partial charge < -0.3 is 15.4 Å². The number of benzene rings is 2. The summed E-state index contributed by atoms with van der Waals surface area (Å²) in [5.41, 5.74) is 8.42. The Morgan fingerprint density at radius 2 is 1.95 bits per heavy atom. The van der Waals surface area contributed by atoms with E-state index in [2.05, 4.69) is 0 Å². The Bertz CT molecular complexity index is 601. The third kappa shape index (κ3) is 4.20. The highest BCUT2D eigenvalue weighted by atomic mass is 19.1. The number of halogens is 1. The number of anilines is 1. The van der Waals surface area contributed by atoms with Gasteiger partial charge in [0, 0.05) is 19.3 Å². The Balaban J connectivity index is 2.17. The molecule has 0 unspecified atom stereocenters. The Hall–Kier alpha value is -2.07. The lowest BCUT2D eigenvalue weighted by Gasteiger charge is -2.20. The fraction of sp³-hybridized carbons (Fsp3) is 0.294. The Morgan fingerprint density at radius 3 is 2.67 bits per heavy atom. The summed E-state index contributed by atoms with van der Waals surface area (Å²) in [6, 6.07) is 12.9. The van der Waals surface area contributed by atoms with Gasteiger partial charge in [-0.25, -0.2) is 4.39 Å². The highest BCUT2D eigenvalue weighted by molar-refractivity contribution is 5.49. The van der Waals surface area contributed by atoms with Crippen molar-refractivity contribution in [2.24, 2.45) is 5.73 Å². The molecule has 0 saturated heterocycles. The lowest BCUT2D eigenvalue weighted by molar-refractivity contribution is 0.414. The zero-order chi connectivity index (χ0) is 15.2. The van der Waals surface area contributed by atoms with Gasteiger partial charge in [0.05, 0.1) is 7.11 Å². The average molecular weight is 288 g/mol. The molecule has 0 spiro atoms. The molecule has 0 heterocycles. The van der Waals surface area contributed by atoms with Crippen LogP contribution in [0.5, 0.6) is 5.75 Å². The predicted octanol–water partition coefficient (Wildman–Crippen LogP) is 2.97. The normalized spacial score (nSPS) is 10.5. The van der Waals surface area contributed by atoms with Crippen molar-refractivity contribution in [1.29, 1.82) is 0 Å². The fourth-order valence-electron chi connectivity index (χ4n) is 2.30. The molecule has 2 aromatic carbocycles. The number of nitrogens with zero attached hydrogens (tertiary/aromatic N) is 1. The maximum atomic E-state index is 13.7. The van der Waals surface area contributed by atoms with Crippen molar-refractivity contribution in [3.05, 3.63) is 59.4 Å². The average Bonchev–Trinajstić information content (AvgIpc) is 2.47. The van der Waals surface area contributed by atoms with Crippen LogP contribution in [0.2, 0.25) is 0 Å². The molecule has 21 heavy (non-hydrogen) atoms. The van der Waals surface area contributed by atoms with E-state index in [1.807, 2.05) is 42.3 Å². The van der Waals surface area contributed by atoms with Crippen molar-refractivity contribution >= 4 is 5.69 Å². The van der Waals surface area contributed by atoms with E-state index in [1.165, 1.54) is 6.07 Å². The molecule has 0 saturated carbocycles. The van der Waals surface area contributed by atoms with Crippen LogP contribution in [0.15, 0.2) is 42.5 Å². The van der Waals surface area contributed by atoms with Crippen LogP contribution in [0.1, 0.15) is 11.1 Å². The highest BCUT2D eigenvalue weighted by Crippen LogP contribution is 2.21. The van der Waals surface area contributed by atoms with Crippen molar-refractivity contribution < 1.29 is 9.13 Å². The van der Waals surface area contributed by atoms with Crippen LogP contribution in [0.25, 0.3) is 0 Å². The van der Waals surface area contributed by atoms with Gasteiger partial charge in [-0.3, -0.25) is 0 Å². The highest BCUT2D eigenvalue weighted by Gasteiger charge is 2.07.